The smallest absolute Gasteiger partial charge is 0.260 e. The van der Waals surface area contributed by atoms with Crippen LogP contribution < -0.4 is 19.5 Å². The summed E-state index contributed by atoms with van der Waals surface area (Å²) in [7, 11) is 3.07. The number of amides is 2. The van der Waals surface area contributed by atoms with E-state index in [1.54, 1.807) is 36.4 Å². The zero-order valence-corrected chi connectivity index (χ0v) is 16.4. The average Bonchev–Trinajstić information content (AvgIpc) is 2.72. The molecule has 28 heavy (non-hydrogen) atoms. The minimum absolute atomic E-state index is 0.0694. The molecule has 2 rings (SSSR count). The Balaban J connectivity index is 1.97. The van der Waals surface area contributed by atoms with E-state index >= 15 is 0 Å². The Morgan fingerprint density at radius 3 is 2.18 bits per heavy atom. The Labute approximate surface area is 165 Å². The Kier molecular flexibility index (Phi) is 8.14. The lowest BCUT2D eigenvalue weighted by molar-refractivity contribution is -0.136. The van der Waals surface area contributed by atoms with Crippen molar-refractivity contribution in [1.29, 1.82) is 0 Å². The number of anilines is 1. The summed E-state index contributed by atoms with van der Waals surface area (Å²) in [5.41, 5.74) is 0.559. The normalized spacial score (nSPS) is 10.1. The van der Waals surface area contributed by atoms with Crippen molar-refractivity contribution in [2.75, 3.05) is 39.2 Å². The Morgan fingerprint density at radius 1 is 0.929 bits per heavy atom. The number of nitrogens with one attached hydrogen (secondary N) is 1. The quantitative estimate of drug-likeness (QED) is 0.679. The van der Waals surface area contributed by atoms with E-state index in [1.807, 2.05) is 19.1 Å². The predicted octanol–water partition coefficient (Wildman–Crippen LogP) is 2.96. The van der Waals surface area contributed by atoms with Gasteiger partial charge < -0.3 is 24.4 Å². The number of rotatable bonds is 10. The van der Waals surface area contributed by atoms with Crippen LogP contribution in [0.4, 0.5) is 5.69 Å². The summed E-state index contributed by atoms with van der Waals surface area (Å²) in [4.78, 5) is 26.5. The van der Waals surface area contributed by atoms with Crippen LogP contribution in [0.5, 0.6) is 17.2 Å². The highest BCUT2D eigenvalue weighted by Gasteiger charge is 2.18. The van der Waals surface area contributed by atoms with E-state index in [9.17, 15) is 9.59 Å². The lowest BCUT2D eigenvalue weighted by Gasteiger charge is -2.22. The molecule has 0 aliphatic heterocycles. The highest BCUT2D eigenvalue weighted by molar-refractivity contribution is 5.95. The number of carbonyl (C=O) groups excluding carboxylic acids is 2. The number of methoxy groups -OCH3 is 2. The van der Waals surface area contributed by atoms with E-state index in [0.717, 1.165) is 6.42 Å². The molecular formula is C21H26N2O5. The number of ether oxygens (including phenoxy) is 3. The number of carbonyl (C=O) groups is 2. The molecule has 0 bridgehead atoms. The summed E-state index contributed by atoms with van der Waals surface area (Å²) >= 11 is 0. The number of hydrogen-bond donors (Lipinski definition) is 1. The van der Waals surface area contributed by atoms with Crippen LogP contribution in [-0.4, -0.2) is 50.6 Å². The first kappa shape index (κ1) is 21.1. The van der Waals surface area contributed by atoms with Gasteiger partial charge in [0.1, 0.15) is 5.75 Å². The highest BCUT2D eigenvalue weighted by Crippen LogP contribution is 2.26. The minimum atomic E-state index is -0.302. The molecule has 0 unspecified atom stereocenters. The summed E-state index contributed by atoms with van der Waals surface area (Å²) < 4.78 is 16.0. The maximum atomic E-state index is 12.6. The minimum Gasteiger partial charge on any atom is -0.495 e. The van der Waals surface area contributed by atoms with Crippen molar-refractivity contribution in [1.82, 2.24) is 4.90 Å². The van der Waals surface area contributed by atoms with Gasteiger partial charge in [-0.15, -0.1) is 0 Å². The third kappa shape index (κ3) is 5.90. The van der Waals surface area contributed by atoms with Crippen LogP contribution in [-0.2, 0) is 9.59 Å². The molecule has 2 aromatic carbocycles. The van der Waals surface area contributed by atoms with Crippen LogP contribution in [0.25, 0.3) is 0 Å². The van der Waals surface area contributed by atoms with Crippen LogP contribution in [0.1, 0.15) is 13.3 Å². The van der Waals surface area contributed by atoms with E-state index in [4.69, 9.17) is 14.2 Å². The summed E-state index contributed by atoms with van der Waals surface area (Å²) in [5, 5.41) is 2.78. The van der Waals surface area contributed by atoms with Crippen molar-refractivity contribution in [3.05, 3.63) is 48.5 Å². The van der Waals surface area contributed by atoms with Gasteiger partial charge in [0.05, 0.1) is 26.5 Å². The summed E-state index contributed by atoms with van der Waals surface area (Å²) in [6.45, 7) is 2.15. The summed E-state index contributed by atoms with van der Waals surface area (Å²) in [6, 6.07) is 14.2. The molecule has 2 aromatic rings. The topological polar surface area (TPSA) is 77.1 Å². The van der Waals surface area contributed by atoms with Gasteiger partial charge in [0.25, 0.3) is 5.91 Å². The second-order valence-corrected chi connectivity index (χ2v) is 6.00. The molecule has 0 atom stereocenters. The summed E-state index contributed by atoms with van der Waals surface area (Å²) in [6.07, 6.45) is 0.725. The van der Waals surface area contributed by atoms with Crippen molar-refractivity contribution < 1.29 is 23.8 Å². The monoisotopic (exact) mass is 386 g/mol. The molecule has 0 aliphatic carbocycles. The van der Waals surface area contributed by atoms with Gasteiger partial charge in [-0.25, -0.2) is 0 Å². The van der Waals surface area contributed by atoms with Crippen molar-refractivity contribution in [3.63, 3.8) is 0 Å². The number of para-hydroxylation sites is 4. The van der Waals surface area contributed by atoms with Gasteiger partial charge in [0.2, 0.25) is 5.91 Å². The van der Waals surface area contributed by atoms with E-state index in [1.165, 1.54) is 19.1 Å². The van der Waals surface area contributed by atoms with E-state index < -0.39 is 0 Å². The number of nitrogens with zero attached hydrogens (tertiary/aromatic N) is 1. The van der Waals surface area contributed by atoms with E-state index in [-0.39, 0.29) is 25.0 Å². The second-order valence-electron chi connectivity index (χ2n) is 6.00. The largest absolute Gasteiger partial charge is 0.495 e. The van der Waals surface area contributed by atoms with Gasteiger partial charge in [-0.3, -0.25) is 9.59 Å². The molecule has 2 amide bonds. The molecule has 0 saturated carbocycles. The van der Waals surface area contributed by atoms with E-state index in [2.05, 4.69) is 5.32 Å². The first-order valence-corrected chi connectivity index (χ1v) is 9.05. The molecule has 0 radical (unpaired) electrons. The molecular weight excluding hydrogens is 360 g/mol. The average molecular weight is 386 g/mol. The van der Waals surface area contributed by atoms with Gasteiger partial charge in [0.15, 0.2) is 18.1 Å². The lowest BCUT2D eigenvalue weighted by Crippen LogP contribution is -2.41. The van der Waals surface area contributed by atoms with Gasteiger partial charge in [-0.1, -0.05) is 31.2 Å². The van der Waals surface area contributed by atoms with Gasteiger partial charge in [0, 0.05) is 6.54 Å². The van der Waals surface area contributed by atoms with Gasteiger partial charge in [-0.05, 0) is 30.7 Å². The summed E-state index contributed by atoms with van der Waals surface area (Å²) in [5.74, 6) is 1.01. The Morgan fingerprint density at radius 2 is 1.54 bits per heavy atom. The van der Waals surface area contributed by atoms with Gasteiger partial charge >= 0.3 is 0 Å². The third-order valence-corrected chi connectivity index (χ3v) is 3.98. The number of benzene rings is 2. The molecule has 0 heterocycles. The van der Waals surface area contributed by atoms with Crippen LogP contribution >= 0.6 is 0 Å². The third-order valence-electron chi connectivity index (χ3n) is 3.98. The molecule has 0 aliphatic rings. The van der Waals surface area contributed by atoms with Crippen molar-refractivity contribution in [2.24, 2.45) is 0 Å². The molecule has 0 aromatic heterocycles. The Hall–Kier alpha value is -3.22. The van der Waals surface area contributed by atoms with E-state index in [0.29, 0.717) is 29.5 Å². The standard InChI is InChI=1S/C21H26N2O5/c1-4-13-23(14-20(24)22-16-9-5-6-10-17(16)26-2)21(25)15-28-19-12-8-7-11-18(19)27-3/h5-12H,4,13-15H2,1-3H3,(H,22,24). The van der Waals surface area contributed by atoms with Crippen molar-refractivity contribution in [3.8, 4) is 17.2 Å². The van der Waals surface area contributed by atoms with Crippen LogP contribution in [0, 0.1) is 0 Å². The second kappa shape index (κ2) is 10.8. The zero-order chi connectivity index (χ0) is 20.4. The fourth-order valence-corrected chi connectivity index (χ4v) is 2.64. The van der Waals surface area contributed by atoms with Crippen molar-refractivity contribution >= 4 is 17.5 Å². The van der Waals surface area contributed by atoms with Crippen LogP contribution in [0.15, 0.2) is 48.5 Å². The molecule has 7 nitrogen and oxygen atoms in total. The Bertz CT molecular complexity index is 794. The fraction of sp³-hybridized carbons (Fsp3) is 0.333. The fourth-order valence-electron chi connectivity index (χ4n) is 2.64. The van der Waals surface area contributed by atoms with Crippen LogP contribution in [0.3, 0.4) is 0 Å². The van der Waals surface area contributed by atoms with Crippen LogP contribution in [0.2, 0.25) is 0 Å². The van der Waals surface area contributed by atoms with Crippen molar-refractivity contribution in [2.45, 2.75) is 13.3 Å². The molecule has 0 spiro atoms. The predicted molar refractivity (Wildman–Crippen MR) is 107 cm³/mol. The first-order valence-electron chi connectivity index (χ1n) is 9.05. The molecule has 0 fully saturated rings. The zero-order valence-electron chi connectivity index (χ0n) is 16.4. The van der Waals surface area contributed by atoms with Gasteiger partial charge in [-0.2, -0.15) is 0 Å². The molecule has 150 valence electrons. The highest BCUT2D eigenvalue weighted by atomic mass is 16.5. The molecule has 1 N–H and O–H groups in total. The molecule has 7 heteroatoms. The molecule has 0 saturated heterocycles. The maximum absolute atomic E-state index is 12.6. The number of hydrogen-bond acceptors (Lipinski definition) is 5. The lowest BCUT2D eigenvalue weighted by atomic mass is 10.3. The SMILES string of the molecule is CCCN(CC(=O)Nc1ccccc1OC)C(=O)COc1ccccc1OC. The first-order chi connectivity index (χ1) is 13.6. The maximum Gasteiger partial charge on any atom is 0.260 e.